The van der Waals surface area contributed by atoms with Crippen LogP contribution in [0.5, 0.6) is 0 Å². The van der Waals surface area contributed by atoms with Crippen LogP contribution in [0.3, 0.4) is 0 Å². The van der Waals surface area contributed by atoms with Crippen LogP contribution in [-0.4, -0.2) is 20.7 Å². The first-order chi connectivity index (χ1) is 11.4. The summed E-state index contributed by atoms with van der Waals surface area (Å²) in [6.07, 6.45) is 1.51. The van der Waals surface area contributed by atoms with E-state index in [4.69, 9.17) is 11.6 Å². The van der Waals surface area contributed by atoms with Crippen molar-refractivity contribution in [2.45, 2.75) is 20.8 Å². The molecule has 3 aromatic rings. The highest BCUT2D eigenvalue weighted by molar-refractivity contribution is 6.30. The van der Waals surface area contributed by atoms with E-state index in [1.807, 2.05) is 45.0 Å². The van der Waals surface area contributed by atoms with Gasteiger partial charge in [-0.05, 0) is 56.2 Å². The molecule has 2 aromatic carbocycles. The van der Waals surface area contributed by atoms with Crippen LogP contribution < -0.4 is 5.32 Å². The number of hydrogen-bond donors (Lipinski definition) is 1. The molecule has 0 saturated carbocycles. The van der Waals surface area contributed by atoms with Gasteiger partial charge in [-0.1, -0.05) is 29.3 Å². The monoisotopic (exact) mass is 340 g/mol. The zero-order valence-corrected chi connectivity index (χ0v) is 14.4. The van der Waals surface area contributed by atoms with Crippen molar-refractivity contribution < 1.29 is 4.79 Å². The summed E-state index contributed by atoms with van der Waals surface area (Å²) in [5.41, 5.74) is 4.77. The van der Waals surface area contributed by atoms with Crippen LogP contribution in [0.25, 0.3) is 5.69 Å². The lowest BCUT2D eigenvalue weighted by atomic mass is 10.1. The third-order valence-electron chi connectivity index (χ3n) is 3.70. The van der Waals surface area contributed by atoms with Gasteiger partial charge in [-0.25, -0.2) is 9.67 Å². The minimum atomic E-state index is -0.335. The molecule has 1 amide bonds. The number of hydrogen-bond acceptors (Lipinski definition) is 3. The number of halogens is 1. The Hall–Kier alpha value is -2.66. The molecule has 3 rings (SSSR count). The van der Waals surface area contributed by atoms with Crippen molar-refractivity contribution in [3.05, 3.63) is 70.3 Å². The fourth-order valence-corrected chi connectivity index (χ4v) is 2.76. The first-order valence-electron chi connectivity index (χ1n) is 7.51. The Labute approximate surface area is 145 Å². The van der Waals surface area contributed by atoms with Gasteiger partial charge in [-0.2, -0.15) is 0 Å². The molecule has 6 heteroatoms. The fourth-order valence-electron chi connectivity index (χ4n) is 2.63. The predicted octanol–water partition coefficient (Wildman–Crippen LogP) is 4.10. The summed E-state index contributed by atoms with van der Waals surface area (Å²) in [6.45, 7) is 5.96. The van der Waals surface area contributed by atoms with Crippen LogP contribution in [0, 0.1) is 20.8 Å². The zero-order chi connectivity index (χ0) is 17.3. The predicted molar refractivity (Wildman–Crippen MR) is 95.0 cm³/mol. The zero-order valence-electron chi connectivity index (χ0n) is 13.7. The van der Waals surface area contributed by atoms with Crippen molar-refractivity contribution in [3.8, 4) is 5.69 Å². The molecule has 0 fully saturated rings. The molecule has 0 aliphatic heterocycles. The Kier molecular flexibility index (Phi) is 4.36. The number of benzene rings is 2. The first-order valence-corrected chi connectivity index (χ1v) is 7.88. The van der Waals surface area contributed by atoms with Gasteiger partial charge >= 0.3 is 0 Å². The number of rotatable bonds is 3. The van der Waals surface area contributed by atoms with Crippen LogP contribution >= 0.6 is 11.6 Å². The molecule has 0 unspecified atom stereocenters. The average Bonchev–Trinajstić information content (AvgIpc) is 3.01. The van der Waals surface area contributed by atoms with Gasteiger partial charge in [0.25, 0.3) is 5.91 Å². The summed E-state index contributed by atoms with van der Waals surface area (Å²) in [5.74, 6) is -0.220. The molecule has 5 nitrogen and oxygen atoms in total. The van der Waals surface area contributed by atoms with E-state index in [9.17, 15) is 4.79 Å². The first kappa shape index (κ1) is 16.2. The number of aryl methyl sites for hydroxylation is 3. The second kappa shape index (κ2) is 6.45. The Morgan fingerprint density at radius 2 is 1.71 bits per heavy atom. The van der Waals surface area contributed by atoms with Crippen LogP contribution in [0.1, 0.15) is 27.3 Å². The lowest BCUT2D eigenvalue weighted by Crippen LogP contribution is -2.16. The molecule has 0 radical (unpaired) electrons. The number of carbonyl (C=O) groups is 1. The Morgan fingerprint density at radius 3 is 2.33 bits per heavy atom. The highest BCUT2D eigenvalue weighted by atomic mass is 35.5. The molecule has 1 heterocycles. The average molecular weight is 341 g/mol. The highest BCUT2D eigenvalue weighted by Crippen LogP contribution is 2.22. The van der Waals surface area contributed by atoms with Crippen molar-refractivity contribution in [2.24, 2.45) is 0 Å². The van der Waals surface area contributed by atoms with E-state index in [-0.39, 0.29) is 11.7 Å². The molecule has 1 N–H and O–H groups in total. The molecule has 24 heavy (non-hydrogen) atoms. The van der Waals surface area contributed by atoms with E-state index >= 15 is 0 Å². The molecule has 0 atom stereocenters. The summed E-state index contributed by atoms with van der Waals surface area (Å²) in [7, 11) is 0. The maximum atomic E-state index is 12.4. The summed E-state index contributed by atoms with van der Waals surface area (Å²) in [5, 5.41) is 7.77. The van der Waals surface area contributed by atoms with Gasteiger partial charge in [0.05, 0.1) is 5.69 Å². The van der Waals surface area contributed by atoms with Crippen molar-refractivity contribution in [2.75, 3.05) is 5.32 Å². The maximum Gasteiger partial charge on any atom is 0.295 e. The van der Waals surface area contributed by atoms with Crippen molar-refractivity contribution in [3.63, 3.8) is 0 Å². The third kappa shape index (κ3) is 3.31. The Balaban J connectivity index is 1.83. The molecular formula is C18H17ClN4O. The van der Waals surface area contributed by atoms with Crippen LogP contribution in [0.4, 0.5) is 5.69 Å². The molecule has 0 spiro atoms. The molecule has 122 valence electrons. The Bertz CT molecular complexity index is 877. The topological polar surface area (TPSA) is 59.8 Å². The molecule has 1 aromatic heterocycles. The number of aromatic nitrogens is 3. The molecule has 0 bridgehead atoms. The summed E-state index contributed by atoms with van der Waals surface area (Å²) < 4.78 is 1.54. The molecule has 0 aliphatic rings. The summed E-state index contributed by atoms with van der Waals surface area (Å²) >= 11 is 5.88. The van der Waals surface area contributed by atoms with Gasteiger partial charge in [-0.3, -0.25) is 4.79 Å². The normalized spacial score (nSPS) is 10.7. The number of nitrogens with zero attached hydrogens (tertiary/aromatic N) is 3. The standard InChI is InChI=1S/C18H17ClN4O/c1-11-8-12(2)16(13(3)9-11)21-18(24)17-20-10-23(22-17)15-6-4-14(19)5-7-15/h4-10H,1-3H3,(H,21,24). The largest absolute Gasteiger partial charge is 0.319 e. The van der Waals surface area contributed by atoms with Crippen molar-refractivity contribution in [1.29, 1.82) is 0 Å². The molecule has 0 aliphatic carbocycles. The second-order valence-corrected chi connectivity index (χ2v) is 6.15. The van der Waals surface area contributed by atoms with E-state index in [0.29, 0.717) is 5.02 Å². The van der Waals surface area contributed by atoms with Crippen molar-refractivity contribution >= 4 is 23.2 Å². The maximum absolute atomic E-state index is 12.4. The summed E-state index contributed by atoms with van der Waals surface area (Å²) in [4.78, 5) is 16.5. The molecule has 0 saturated heterocycles. The van der Waals surface area contributed by atoms with E-state index in [1.165, 1.54) is 6.33 Å². The van der Waals surface area contributed by atoms with E-state index < -0.39 is 0 Å². The third-order valence-corrected chi connectivity index (χ3v) is 3.95. The van der Waals surface area contributed by atoms with Crippen LogP contribution in [0.2, 0.25) is 5.02 Å². The number of carbonyl (C=O) groups excluding carboxylic acids is 1. The van der Waals surface area contributed by atoms with Gasteiger partial charge < -0.3 is 5.32 Å². The minimum Gasteiger partial charge on any atom is -0.319 e. The van der Waals surface area contributed by atoms with Gasteiger partial charge in [0.15, 0.2) is 0 Å². The van der Waals surface area contributed by atoms with Gasteiger partial charge in [0, 0.05) is 10.7 Å². The van der Waals surface area contributed by atoms with E-state index in [1.54, 1.807) is 16.8 Å². The van der Waals surface area contributed by atoms with Crippen LogP contribution in [-0.2, 0) is 0 Å². The van der Waals surface area contributed by atoms with Gasteiger partial charge in [0.1, 0.15) is 6.33 Å². The molecular weight excluding hydrogens is 324 g/mol. The number of nitrogens with one attached hydrogen (secondary N) is 1. The smallest absolute Gasteiger partial charge is 0.295 e. The van der Waals surface area contributed by atoms with Crippen LogP contribution in [0.15, 0.2) is 42.7 Å². The quantitative estimate of drug-likeness (QED) is 0.781. The highest BCUT2D eigenvalue weighted by Gasteiger charge is 2.15. The van der Waals surface area contributed by atoms with E-state index in [2.05, 4.69) is 15.4 Å². The summed E-state index contributed by atoms with van der Waals surface area (Å²) in [6, 6.07) is 11.2. The number of amides is 1. The van der Waals surface area contributed by atoms with Crippen molar-refractivity contribution in [1.82, 2.24) is 14.8 Å². The van der Waals surface area contributed by atoms with Gasteiger partial charge in [0.2, 0.25) is 5.82 Å². The number of anilines is 1. The lowest BCUT2D eigenvalue weighted by Gasteiger charge is -2.11. The second-order valence-electron chi connectivity index (χ2n) is 5.72. The minimum absolute atomic E-state index is 0.115. The van der Waals surface area contributed by atoms with Gasteiger partial charge in [-0.15, -0.1) is 5.10 Å². The van der Waals surface area contributed by atoms with E-state index in [0.717, 1.165) is 28.1 Å². The fraction of sp³-hybridized carbons (Fsp3) is 0.167. The Morgan fingerprint density at radius 1 is 1.08 bits per heavy atom. The SMILES string of the molecule is Cc1cc(C)c(NC(=O)c2ncn(-c3ccc(Cl)cc3)n2)c(C)c1. The lowest BCUT2D eigenvalue weighted by molar-refractivity contribution is 0.101.